The van der Waals surface area contributed by atoms with Gasteiger partial charge in [0, 0.05) is 38.6 Å². The zero-order valence-electron chi connectivity index (χ0n) is 13.6. The molecule has 2 saturated heterocycles. The monoisotopic (exact) mass is 419 g/mol. The highest BCUT2D eigenvalue weighted by Gasteiger charge is 2.28. The molecule has 0 atom stereocenters. The number of amides is 1. The van der Waals surface area contributed by atoms with Gasteiger partial charge in [0.15, 0.2) is 0 Å². The van der Waals surface area contributed by atoms with Crippen molar-refractivity contribution in [3.05, 3.63) is 34.1 Å². The van der Waals surface area contributed by atoms with E-state index in [1.54, 1.807) is 12.1 Å². The maximum absolute atomic E-state index is 13.6. The van der Waals surface area contributed by atoms with Crippen LogP contribution in [-0.4, -0.2) is 55.0 Å². The van der Waals surface area contributed by atoms with Crippen LogP contribution in [0.15, 0.2) is 22.7 Å². The third kappa shape index (κ3) is 4.91. The lowest BCUT2D eigenvalue weighted by Gasteiger charge is -2.37. The van der Waals surface area contributed by atoms with Crippen LogP contribution < -0.4 is 5.32 Å². The van der Waals surface area contributed by atoms with E-state index in [1.165, 1.54) is 0 Å². The predicted octanol–water partition coefficient (Wildman–Crippen LogP) is 2.65. The number of benzene rings is 1. The maximum atomic E-state index is 13.6. The van der Waals surface area contributed by atoms with Gasteiger partial charge in [-0.2, -0.15) is 0 Å². The number of hydrogen-bond donors (Lipinski definition) is 1. The molecule has 0 aliphatic carbocycles. The summed E-state index contributed by atoms with van der Waals surface area (Å²) in [6.07, 6.45) is 1.91. The lowest BCUT2D eigenvalue weighted by molar-refractivity contribution is -0.138. The van der Waals surface area contributed by atoms with Crippen molar-refractivity contribution < 1.29 is 9.18 Å². The van der Waals surface area contributed by atoms with Gasteiger partial charge in [-0.3, -0.25) is 9.69 Å². The number of nitrogens with one attached hydrogen (secondary N) is 1. The van der Waals surface area contributed by atoms with Crippen molar-refractivity contribution in [3.63, 3.8) is 0 Å². The molecule has 7 heteroatoms. The number of nitrogens with zero attached hydrogens (tertiary/aromatic N) is 2. The lowest BCUT2D eigenvalue weighted by Crippen LogP contribution is -2.51. The molecule has 134 valence electrons. The van der Waals surface area contributed by atoms with Crippen LogP contribution in [0.4, 0.5) is 4.39 Å². The number of hydrogen-bond acceptors (Lipinski definition) is 3. The highest BCUT2D eigenvalue weighted by atomic mass is 79.9. The molecular formula is C17H24BrClFN3O. The first-order valence-corrected chi connectivity index (χ1v) is 9.08. The summed E-state index contributed by atoms with van der Waals surface area (Å²) >= 11 is 3.18. The van der Waals surface area contributed by atoms with E-state index in [9.17, 15) is 9.18 Å². The fraction of sp³-hybridized carbons (Fsp3) is 0.588. The molecular weight excluding hydrogens is 397 g/mol. The number of rotatable bonds is 3. The average molecular weight is 421 g/mol. The summed E-state index contributed by atoms with van der Waals surface area (Å²) in [5.74, 6) is 0.298. The van der Waals surface area contributed by atoms with Gasteiger partial charge in [0.05, 0.1) is 4.47 Å². The molecule has 1 aromatic carbocycles. The van der Waals surface area contributed by atoms with E-state index < -0.39 is 0 Å². The number of carbonyl (C=O) groups is 1. The van der Waals surface area contributed by atoms with E-state index in [2.05, 4.69) is 26.1 Å². The minimum atomic E-state index is -0.220. The third-order valence-electron chi connectivity index (χ3n) is 4.76. The van der Waals surface area contributed by atoms with Gasteiger partial charge in [0.1, 0.15) is 5.82 Å². The van der Waals surface area contributed by atoms with Gasteiger partial charge in [0.2, 0.25) is 5.91 Å². The Labute approximate surface area is 157 Å². The van der Waals surface area contributed by atoms with Crippen molar-refractivity contribution >= 4 is 34.2 Å². The van der Waals surface area contributed by atoms with E-state index in [-0.39, 0.29) is 24.1 Å². The summed E-state index contributed by atoms with van der Waals surface area (Å²) in [4.78, 5) is 16.8. The minimum Gasteiger partial charge on any atom is -0.340 e. The van der Waals surface area contributed by atoms with Crippen LogP contribution >= 0.6 is 28.3 Å². The van der Waals surface area contributed by atoms with Crippen LogP contribution in [-0.2, 0) is 11.3 Å². The average Bonchev–Trinajstić information content (AvgIpc) is 2.59. The van der Waals surface area contributed by atoms with Gasteiger partial charge in [-0.1, -0.05) is 6.07 Å². The molecule has 2 heterocycles. The Morgan fingerprint density at radius 3 is 2.50 bits per heavy atom. The molecule has 2 fully saturated rings. The van der Waals surface area contributed by atoms with Crippen molar-refractivity contribution in [1.82, 2.24) is 15.1 Å². The topological polar surface area (TPSA) is 35.6 Å². The summed E-state index contributed by atoms with van der Waals surface area (Å²) in [6, 6.07) is 5.28. The molecule has 0 aromatic heterocycles. The van der Waals surface area contributed by atoms with E-state index >= 15 is 0 Å². The van der Waals surface area contributed by atoms with E-state index in [1.807, 2.05) is 11.0 Å². The van der Waals surface area contributed by atoms with Crippen molar-refractivity contribution in [1.29, 1.82) is 0 Å². The predicted molar refractivity (Wildman–Crippen MR) is 98.8 cm³/mol. The van der Waals surface area contributed by atoms with Gasteiger partial charge in [-0.05, 0) is 59.6 Å². The summed E-state index contributed by atoms with van der Waals surface area (Å²) < 4.78 is 14.1. The van der Waals surface area contributed by atoms with Crippen molar-refractivity contribution in [3.8, 4) is 0 Å². The summed E-state index contributed by atoms with van der Waals surface area (Å²) in [5.41, 5.74) is 0.976. The molecule has 2 aliphatic rings. The fourth-order valence-corrected chi connectivity index (χ4v) is 3.60. The van der Waals surface area contributed by atoms with Gasteiger partial charge in [0.25, 0.3) is 0 Å². The quantitative estimate of drug-likeness (QED) is 0.816. The van der Waals surface area contributed by atoms with Crippen LogP contribution in [0.3, 0.4) is 0 Å². The Hall–Kier alpha value is -0.690. The van der Waals surface area contributed by atoms with Crippen molar-refractivity contribution in [2.75, 3.05) is 39.3 Å². The molecule has 4 nitrogen and oxygen atoms in total. The summed E-state index contributed by atoms with van der Waals surface area (Å²) in [7, 11) is 0. The molecule has 1 amide bonds. The van der Waals surface area contributed by atoms with E-state index in [4.69, 9.17) is 0 Å². The van der Waals surface area contributed by atoms with Crippen molar-refractivity contribution in [2.24, 2.45) is 5.92 Å². The molecule has 0 saturated carbocycles. The van der Waals surface area contributed by atoms with Crippen LogP contribution in [0, 0.1) is 11.7 Å². The molecule has 0 bridgehead atoms. The van der Waals surface area contributed by atoms with Gasteiger partial charge < -0.3 is 10.2 Å². The molecule has 2 aliphatic heterocycles. The second kappa shape index (κ2) is 9.13. The lowest BCUT2D eigenvalue weighted by atomic mass is 9.96. The molecule has 1 N–H and O–H groups in total. The number of piperazine rings is 1. The molecule has 3 rings (SSSR count). The SMILES string of the molecule is Cl.O=C(C1CCNCC1)N1CCN(Cc2ccc(Br)c(F)c2)CC1. The van der Waals surface area contributed by atoms with Gasteiger partial charge in [-0.25, -0.2) is 4.39 Å². The van der Waals surface area contributed by atoms with Gasteiger partial charge >= 0.3 is 0 Å². The first kappa shape index (κ1) is 19.6. The summed E-state index contributed by atoms with van der Waals surface area (Å²) in [5, 5.41) is 3.30. The summed E-state index contributed by atoms with van der Waals surface area (Å²) in [6.45, 7) is 5.91. The van der Waals surface area contributed by atoms with E-state index in [0.29, 0.717) is 10.4 Å². The Morgan fingerprint density at radius 1 is 1.21 bits per heavy atom. The van der Waals surface area contributed by atoms with Crippen LogP contribution in [0.2, 0.25) is 0 Å². The Kier molecular flexibility index (Phi) is 7.47. The van der Waals surface area contributed by atoms with Crippen LogP contribution in [0.5, 0.6) is 0 Å². The number of halogens is 3. The third-order valence-corrected chi connectivity index (χ3v) is 5.41. The highest BCUT2D eigenvalue weighted by molar-refractivity contribution is 9.10. The normalized spacial score (nSPS) is 19.8. The zero-order valence-corrected chi connectivity index (χ0v) is 16.0. The van der Waals surface area contributed by atoms with Crippen LogP contribution in [0.1, 0.15) is 18.4 Å². The first-order valence-electron chi connectivity index (χ1n) is 8.29. The molecule has 0 radical (unpaired) electrons. The van der Waals surface area contributed by atoms with Crippen molar-refractivity contribution in [2.45, 2.75) is 19.4 Å². The highest BCUT2D eigenvalue weighted by Crippen LogP contribution is 2.19. The largest absolute Gasteiger partial charge is 0.340 e. The van der Waals surface area contributed by atoms with Crippen LogP contribution in [0.25, 0.3) is 0 Å². The zero-order chi connectivity index (χ0) is 16.2. The first-order chi connectivity index (χ1) is 11.1. The Morgan fingerprint density at radius 2 is 1.88 bits per heavy atom. The minimum absolute atomic E-state index is 0. The Balaban J connectivity index is 0.00000208. The second-order valence-electron chi connectivity index (χ2n) is 6.37. The second-order valence-corrected chi connectivity index (χ2v) is 7.23. The Bertz CT molecular complexity index is 561. The molecule has 24 heavy (non-hydrogen) atoms. The smallest absolute Gasteiger partial charge is 0.225 e. The number of carbonyl (C=O) groups excluding carboxylic acids is 1. The van der Waals surface area contributed by atoms with E-state index in [0.717, 1.165) is 64.2 Å². The maximum Gasteiger partial charge on any atom is 0.225 e. The van der Waals surface area contributed by atoms with Gasteiger partial charge in [-0.15, -0.1) is 12.4 Å². The molecule has 0 unspecified atom stereocenters. The number of piperidine rings is 1. The molecule has 1 aromatic rings. The standard InChI is InChI=1S/C17H23BrFN3O.ClH/c18-15-2-1-13(11-16(15)19)12-21-7-9-22(10-8-21)17(23)14-3-5-20-6-4-14;/h1-2,11,14,20H,3-10,12H2;1H. The molecule has 0 spiro atoms. The fourth-order valence-electron chi connectivity index (χ4n) is 3.35.